The molecule has 6 heteroatoms. The van der Waals surface area contributed by atoms with Crippen LogP contribution < -0.4 is 5.73 Å². The first-order valence-corrected chi connectivity index (χ1v) is 7.54. The Kier molecular flexibility index (Phi) is 4.45. The number of likely N-dealkylation sites (tertiary alicyclic amines) is 1. The van der Waals surface area contributed by atoms with Crippen molar-refractivity contribution in [2.24, 2.45) is 5.73 Å². The van der Waals surface area contributed by atoms with Crippen LogP contribution in [0.25, 0.3) is 0 Å². The molecule has 0 aromatic heterocycles. The summed E-state index contributed by atoms with van der Waals surface area (Å²) in [4.78, 5) is 38.2. The average molecular weight is 318 g/mol. The molecule has 1 saturated heterocycles. The van der Waals surface area contributed by atoms with Crippen molar-refractivity contribution in [3.05, 3.63) is 35.9 Å². The summed E-state index contributed by atoms with van der Waals surface area (Å²) < 4.78 is 5.41. The number of nitrogens with zero attached hydrogens (tertiary/aromatic N) is 1. The Morgan fingerprint density at radius 3 is 2.35 bits per heavy atom. The highest BCUT2D eigenvalue weighted by Gasteiger charge is 2.51. The van der Waals surface area contributed by atoms with Crippen molar-refractivity contribution < 1.29 is 19.1 Å². The van der Waals surface area contributed by atoms with Crippen molar-refractivity contribution in [1.29, 1.82) is 0 Å². The summed E-state index contributed by atoms with van der Waals surface area (Å²) in [5.74, 6) is -0.838. The number of amides is 2. The number of hydrogen-bond donors (Lipinski definition) is 1. The lowest BCUT2D eigenvalue weighted by Gasteiger charge is -2.44. The molecule has 0 unspecified atom stereocenters. The van der Waals surface area contributed by atoms with Gasteiger partial charge in [0, 0.05) is 19.4 Å². The number of hydrogen-bond acceptors (Lipinski definition) is 4. The van der Waals surface area contributed by atoms with Crippen LogP contribution in [0.15, 0.2) is 30.3 Å². The molecule has 2 amide bonds. The number of benzene rings is 1. The van der Waals surface area contributed by atoms with Crippen LogP contribution in [0.1, 0.15) is 39.2 Å². The molecule has 124 valence electrons. The number of ether oxygens (including phenoxy) is 1. The molecule has 1 aromatic carbocycles. The third-order valence-electron chi connectivity index (χ3n) is 3.80. The van der Waals surface area contributed by atoms with E-state index in [2.05, 4.69) is 0 Å². The second-order valence-corrected chi connectivity index (χ2v) is 6.69. The van der Waals surface area contributed by atoms with E-state index in [0.29, 0.717) is 5.56 Å². The van der Waals surface area contributed by atoms with Crippen LogP contribution in [-0.2, 0) is 19.9 Å². The van der Waals surface area contributed by atoms with E-state index in [1.54, 1.807) is 51.1 Å². The van der Waals surface area contributed by atoms with E-state index in [4.69, 9.17) is 10.5 Å². The van der Waals surface area contributed by atoms with Crippen LogP contribution in [-0.4, -0.2) is 34.8 Å². The number of carbonyl (C=O) groups is 3. The first-order chi connectivity index (χ1) is 10.7. The van der Waals surface area contributed by atoms with Crippen LogP contribution in [0.5, 0.6) is 0 Å². The molecule has 23 heavy (non-hydrogen) atoms. The van der Waals surface area contributed by atoms with Crippen LogP contribution >= 0.6 is 0 Å². The minimum atomic E-state index is -1.50. The number of carbonyl (C=O) groups excluding carboxylic acids is 3. The zero-order valence-electron chi connectivity index (χ0n) is 13.7. The molecule has 1 heterocycles. The molecule has 2 N–H and O–H groups in total. The van der Waals surface area contributed by atoms with E-state index in [9.17, 15) is 14.4 Å². The molecule has 1 atom stereocenters. The predicted octanol–water partition coefficient (Wildman–Crippen LogP) is 1.97. The first kappa shape index (κ1) is 17.0. The number of Topliss-reactive ketones (excluding diaryl/α,β-unsaturated/α-hetero) is 1. The second kappa shape index (κ2) is 6.02. The molecule has 0 spiro atoms. The molecule has 0 bridgehead atoms. The molecule has 0 saturated carbocycles. The Balaban J connectivity index is 2.51. The molecular formula is C17H22N2O4. The van der Waals surface area contributed by atoms with Gasteiger partial charge in [-0.2, -0.15) is 0 Å². The summed E-state index contributed by atoms with van der Waals surface area (Å²) in [5.41, 5.74) is 3.96. The van der Waals surface area contributed by atoms with Crippen molar-refractivity contribution in [2.75, 3.05) is 6.54 Å². The van der Waals surface area contributed by atoms with Gasteiger partial charge in [0.15, 0.2) is 5.54 Å². The van der Waals surface area contributed by atoms with Gasteiger partial charge in [0.25, 0.3) is 0 Å². The van der Waals surface area contributed by atoms with Crippen molar-refractivity contribution >= 4 is 17.8 Å². The topological polar surface area (TPSA) is 89.7 Å². The van der Waals surface area contributed by atoms with E-state index in [1.807, 2.05) is 0 Å². The van der Waals surface area contributed by atoms with Crippen molar-refractivity contribution in [1.82, 2.24) is 4.90 Å². The minimum Gasteiger partial charge on any atom is -0.444 e. The zero-order valence-corrected chi connectivity index (χ0v) is 13.7. The fourth-order valence-electron chi connectivity index (χ4n) is 2.79. The monoisotopic (exact) mass is 318 g/mol. The number of rotatable bonds is 2. The molecular weight excluding hydrogens is 296 g/mol. The highest BCUT2D eigenvalue weighted by Crippen LogP contribution is 2.37. The van der Waals surface area contributed by atoms with Crippen LogP contribution in [0.3, 0.4) is 0 Å². The maximum Gasteiger partial charge on any atom is 0.411 e. The Morgan fingerprint density at radius 2 is 1.83 bits per heavy atom. The lowest BCUT2D eigenvalue weighted by molar-refractivity contribution is -0.140. The van der Waals surface area contributed by atoms with E-state index in [1.165, 1.54) is 4.90 Å². The Hall–Kier alpha value is -2.37. The summed E-state index contributed by atoms with van der Waals surface area (Å²) in [6, 6.07) is 8.67. The fraction of sp³-hybridized carbons (Fsp3) is 0.471. The van der Waals surface area contributed by atoms with Crippen LogP contribution in [0, 0.1) is 0 Å². The maximum atomic E-state index is 12.6. The quantitative estimate of drug-likeness (QED) is 0.902. The Morgan fingerprint density at radius 1 is 1.22 bits per heavy atom. The molecule has 0 radical (unpaired) electrons. The first-order valence-electron chi connectivity index (χ1n) is 7.54. The molecule has 6 nitrogen and oxygen atoms in total. The largest absolute Gasteiger partial charge is 0.444 e. The minimum absolute atomic E-state index is 0.103. The Labute approximate surface area is 135 Å². The van der Waals surface area contributed by atoms with Gasteiger partial charge in [-0.05, 0) is 26.3 Å². The van der Waals surface area contributed by atoms with Gasteiger partial charge in [-0.25, -0.2) is 4.79 Å². The number of nitrogens with two attached hydrogens (primary N) is 1. The molecule has 1 fully saturated rings. The highest BCUT2D eigenvalue weighted by molar-refractivity contribution is 5.97. The average Bonchev–Trinajstić information content (AvgIpc) is 2.45. The van der Waals surface area contributed by atoms with E-state index >= 15 is 0 Å². The van der Waals surface area contributed by atoms with E-state index < -0.39 is 23.1 Å². The van der Waals surface area contributed by atoms with Crippen molar-refractivity contribution in [3.8, 4) is 0 Å². The highest BCUT2D eigenvalue weighted by atomic mass is 16.6. The molecule has 1 aromatic rings. The van der Waals surface area contributed by atoms with Gasteiger partial charge in [0.05, 0.1) is 0 Å². The van der Waals surface area contributed by atoms with Crippen LogP contribution in [0.4, 0.5) is 4.79 Å². The SMILES string of the molecule is CC(C)(C)OC(=O)N1CCC(=O)C[C@@]1(C(N)=O)c1ccccc1. The maximum absolute atomic E-state index is 12.6. The number of piperidine rings is 1. The van der Waals surface area contributed by atoms with Crippen LogP contribution in [0.2, 0.25) is 0 Å². The van der Waals surface area contributed by atoms with Gasteiger partial charge in [0.1, 0.15) is 11.4 Å². The Bertz CT molecular complexity index is 621. The number of ketones is 1. The summed E-state index contributed by atoms with van der Waals surface area (Å²) >= 11 is 0. The van der Waals surface area contributed by atoms with Gasteiger partial charge in [-0.15, -0.1) is 0 Å². The fourth-order valence-corrected chi connectivity index (χ4v) is 2.79. The standard InChI is InChI=1S/C17H22N2O4/c1-16(2,3)23-15(22)19-10-9-13(20)11-17(19,14(18)21)12-7-5-4-6-8-12/h4-8H,9-11H2,1-3H3,(H2,18,21)/t17-/m0/s1. The summed E-state index contributed by atoms with van der Waals surface area (Å²) in [6.07, 6.45) is -0.597. The third kappa shape index (κ3) is 3.36. The zero-order chi connectivity index (χ0) is 17.3. The van der Waals surface area contributed by atoms with Crippen molar-refractivity contribution in [3.63, 3.8) is 0 Å². The van der Waals surface area contributed by atoms with E-state index in [0.717, 1.165) is 0 Å². The third-order valence-corrected chi connectivity index (χ3v) is 3.80. The molecule has 0 aliphatic carbocycles. The lowest BCUT2D eigenvalue weighted by Crippen LogP contribution is -2.61. The summed E-state index contributed by atoms with van der Waals surface area (Å²) in [7, 11) is 0. The van der Waals surface area contributed by atoms with Gasteiger partial charge in [0.2, 0.25) is 5.91 Å². The number of primary amides is 1. The molecule has 1 aliphatic rings. The van der Waals surface area contributed by atoms with E-state index in [-0.39, 0.29) is 25.2 Å². The lowest BCUT2D eigenvalue weighted by atomic mass is 9.79. The smallest absolute Gasteiger partial charge is 0.411 e. The molecule has 2 rings (SSSR count). The van der Waals surface area contributed by atoms with Gasteiger partial charge < -0.3 is 10.5 Å². The van der Waals surface area contributed by atoms with Gasteiger partial charge in [-0.1, -0.05) is 30.3 Å². The van der Waals surface area contributed by atoms with Gasteiger partial charge in [-0.3, -0.25) is 14.5 Å². The second-order valence-electron chi connectivity index (χ2n) is 6.69. The molecule has 1 aliphatic heterocycles. The van der Waals surface area contributed by atoms with Crippen molar-refractivity contribution in [2.45, 2.75) is 44.8 Å². The summed E-state index contributed by atoms with van der Waals surface area (Å²) in [6.45, 7) is 5.34. The summed E-state index contributed by atoms with van der Waals surface area (Å²) in [5, 5.41) is 0. The normalized spacial score (nSPS) is 21.9. The van der Waals surface area contributed by atoms with Gasteiger partial charge >= 0.3 is 6.09 Å². The predicted molar refractivity (Wildman–Crippen MR) is 84.5 cm³/mol.